The Morgan fingerprint density at radius 1 is 1.20 bits per heavy atom. The van der Waals surface area contributed by atoms with Crippen molar-refractivity contribution in [3.05, 3.63) is 65.1 Å². The molecule has 0 aliphatic carbocycles. The van der Waals surface area contributed by atoms with Gasteiger partial charge in [0.1, 0.15) is 5.69 Å². The second-order valence-corrected chi connectivity index (χ2v) is 5.36. The van der Waals surface area contributed by atoms with E-state index in [0.29, 0.717) is 12.1 Å². The Hall–Kier alpha value is -3.36. The largest absolute Gasteiger partial charge is 0.368 e. The molecule has 0 saturated carbocycles. The molecule has 0 radical (unpaired) electrons. The van der Waals surface area contributed by atoms with E-state index in [4.69, 9.17) is 0 Å². The molecule has 3 rings (SSSR count). The van der Waals surface area contributed by atoms with E-state index < -0.39 is 0 Å². The number of tetrazole rings is 1. The van der Waals surface area contributed by atoms with Gasteiger partial charge in [-0.1, -0.05) is 25.1 Å². The van der Waals surface area contributed by atoms with Crippen LogP contribution in [0.2, 0.25) is 0 Å². The van der Waals surface area contributed by atoms with Gasteiger partial charge in [-0.3, -0.25) is 9.78 Å². The highest BCUT2D eigenvalue weighted by atomic mass is 16.2. The third-order valence-corrected chi connectivity index (χ3v) is 3.66. The summed E-state index contributed by atoms with van der Waals surface area (Å²) in [5, 5.41) is 10.6. The van der Waals surface area contributed by atoms with Gasteiger partial charge in [-0.2, -0.15) is 9.36 Å². The van der Waals surface area contributed by atoms with Crippen molar-refractivity contribution in [2.24, 2.45) is 0 Å². The van der Waals surface area contributed by atoms with Crippen LogP contribution in [-0.2, 0) is 6.54 Å². The van der Waals surface area contributed by atoms with E-state index in [2.05, 4.69) is 25.7 Å². The van der Waals surface area contributed by atoms with Crippen molar-refractivity contribution in [1.82, 2.24) is 35.1 Å². The monoisotopic (exact) mass is 339 g/mol. The summed E-state index contributed by atoms with van der Waals surface area (Å²) >= 11 is 0. The number of hydrogen-bond acceptors (Lipinski definition) is 6. The lowest BCUT2D eigenvalue weighted by atomic mass is 10.2. The van der Waals surface area contributed by atoms with Gasteiger partial charge in [0.15, 0.2) is 0 Å². The minimum absolute atomic E-state index is 0.216. The summed E-state index contributed by atoms with van der Waals surface area (Å²) in [4.78, 5) is 32.4. The predicted molar refractivity (Wildman–Crippen MR) is 89.2 cm³/mol. The fourth-order valence-electron chi connectivity index (χ4n) is 2.28. The van der Waals surface area contributed by atoms with Gasteiger partial charge in [0.2, 0.25) is 0 Å². The molecule has 9 nitrogen and oxygen atoms in total. The van der Waals surface area contributed by atoms with Gasteiger partial charge in [-0.05, 0) is 29.0 Å². The van der Waals surface area contributed by atoms with Crippen molar-refractivity contribution in [1.29, 1.82) is 0 Å². The van der Waals surface area contributed by atoms with Gasteiger partial charge in [0, 0.05) is 18.4 Å². The van der Waals surface area contributed by atoms with E-state index in [1.807, 2.05) is 25.1 Å². The van der Waals surface area contributed by atoms with Crippen LogP contribution in [0.5, 0.6) is 0 Å². The molecule has 1 atom stereocenters. The van der Waals surface area contributed by atoms with Crippen LogP contribution in [-0.4, -0.2) is 41.7 Å². The maximum atomic E-state index is 12.4. The molecule has 0 fully saturated rings. The summed E-state index contributed by atoms with van der Waals surface area (Å²) in [6.45, 7) is 2.13. The highest BCUT2D eigenvalue weighted by Crippen LogP contribution is 2.02. The fraction of sp³-hybridized carbons (Fsp3) is 0.250. The van der Waals surface area contributed by atoms with Gasteiger partial charge in [0.25, 0.3) is 5.91 Å². The number of nitrogens with zero attached hydrogens (tertiary/aromatic N) is 6. The van der Waals surface area contributed by atoms with Crippen LogP contribution < -0.4 is 11.0 Å². The predicted octanol–water partition coefficient (Wildman–Crippen LogP) is 0.428. The topological polar surface area (TPSA) is 108 Å². The van der Waals surface area contributed by atoms with Gasteiger partial charge >= 0.3 is 5.69 Å². The third-order valence-electron chi connectivity index (χ3n) is 3.66. The molecule has 0 unspecified atom stereocenters. The summed E-state index contributed by atoms with van der Waals surface area (Å²) < 4.78 is 2.45. The van der Waals surface area contributed by atoms with E-state index in [9.17, 15) is 9.59 Å². The second-order valence-electron chi connectivity index (χ2n) is 5.36. The second kappa shape index (κ2) is 7.47. The van der Waals surface area contributed by atoms with Crippen molar-refractivity contribution in [3.63, 3.8) is 0 Å². The van der Waals surface area contributed by atoms with Gasteiger partial charge in [0.05, 0.1) is 18.4 Å². The first kappa shape index (κ1) is 16.5. The number of para-hydroxylation sites is 1. The summed E-state index contributed by atoms with van der Waals surface area (Å²) in [7, 11) is 0. The summed E-state index contributed by atoms with van der Waals surface area (Å²) in [5.74, 6) is -0.344. The van der Waals surface area contributed by atoms with Crippen molar-refractivity contribution < 1.29 is 4.79 Å². The summed E-state index contributed by atoms with van der Waals surface area (Å²) in [6, 6.07) is 8.75. The van der Waals surface area contributed by atoms with Crippen molar-refractivity contribution in [3.8, 4) is 5.69 Å². The lowest BCUT2D eigenvalue weighted by molar-refractivity contribution is 0.0925. The number of nitrogens with one attached hydrogen (secondary N) is 1. The van der Waals surface area contributed by atoms with E-state index in [-0.39, 0.29) is 29.9 Å². The zero-order chi connectivity index (χ0) is 17.6. The molecule has 1 N–H and O–H groups in total. The highest BCUT2D eigenvalue weighted by molar-refractivity contribution is 5.92. The van der Waals surface area contributed by atoms with E-state index in [1.54, 1.807) is 12.1 Å². The molecule has 2 aromatic heterocycles. The molecular formula is C16H17N7O2. The van der Waals surface area contributed by atoms with Gasteiger partial charge in [-0.25, -0.2) is 9.78 Å². The molecule has 1 amide bonds. The molecule has 25 heavy (non-hydrogen) atoms. The van der Waals surface area contributed by atoms with Crippen LogP contribution in [0.4, 0.5) is 0 Å². The molecule has 128 valence electrons. The molecule has 2 heterocycles. The van der Waals surface area contributed by atoms with E-state index in [0.717, 1.165) is 0 Å². The minimum atomic E-state index is -0.363. The first-order valence-electron chi connectivity index (χ1n) is 7.84. The van der Waals surface area contributed by atoms with Crippen molar-refractivity contribution in [2.45, 2.75) is 25.9 Å². The minimum Gasteiger partial charge on any atom is -0.346 e. The molecular weight excluding hydrogens is 322 g/mol. The molecule has 9 heteroatoms. The maximum Gasteiger partial charge on any atom is 0.368 e. The first-order chi connectivity index (χ1) is 12.2. The Morgan fingerprint density at radius 3 is 2.68 bits per heavy atom. The van der Waals surface area contributed by atoms with E-state index >= 15 is 0 Å². The maximum absolute atomic E-state index is 12.4. The molecule has 0 bridgehead atoms. The Balaban J connectivity index is 1.73. The zero-order valence-corrected chi connectivity index (χ0v) is 13.6. The first-order valence-corrected chi connectivity index (χ1v) is 7.84. The smallest absolute Gasteiger partial charge is 0.346 e. The normalized spacial score (nSPS) is 11.9. The number of hydrogen-bond donors (Lipinski definition) is 1. The highest BCUT2D eigenvalue weighted by Gasteiger charge is 2.17. The van der Waals surface area contributed by atoms with Crippen molar-refractivity contribution in [2.75, 3.05) is 0 Å². The average Bonchev–Trinajstić information content (AvgIpc) is 3.03. The molecule has 0 aliphatic rings. The SMILES string of the molecule is CC[C@H](Cn1nnn(-c2ccccc2)c1=O)NC(=O)c1cnccn1. The van der Waals surface area contributed by atoms with Crippen LogP contribution >= 0.6 is 0 Å². The standard InChI is InChI=1S/C16H17N7O2/c1-2-12(19-15(24)14-10-17-8-9-18-14)11-22-16(25)23(21-20-22)13-6-4-3-5-7-13/h3-10,12H,2,11H2,1H3,(H,19,24)/t12-/m1/s1. The molecule has 0 spiro atoms. The number of carbonyl (C=O) groups is 1. The van der Waals surface area contributed by atoms with Gasteiger partial charge in [-0.15, -0.1) is 0 Å². The average molecular weight is 339 g/mol. The molecule has 1 aromatic carbocycles. The molecule has 0 aliphatic heterocycles. The van der Waals surface area contributed by atoms with Crippen molar-refractivity contribution >= 4 is 5.91 Å². The molecule has 0 saturated heterocycles. The fourth-order valence-corrected chi connectivity index (χ4v) is 2.28. The lowest BCUT2D eigenvalue weighted by Crippen LogP contribution is -2.40. The number of benzene rings is 1. The number of carbonyl (C=O) groups excluding carboxylic acids is 1. The van der Waals surface area contributed by atoms with Crippen LogP contribution in [0.25, 0.3) is 5.69 Å². The summed E-state index contributed by atoms with van der Waals surface area (Å²) in [5.41, 5.74) is 0.495. The Bertz CT molecular complexity index is 890. The summed E-state index contributed by atoms with van der Waals surface area (Å²) in [6.07, 6.45) is 4.96. The third kappa shape index (κ3) is 3.77. The van der Waals surface area contributed by atoms with Crippen LogP contribution in [0.3, 0.4) is 0 Å². The van der Waals surface area contributed by atoms with Gasteiger partial charge < -0.3 is 5.32 Å². The lowest BCUT2D eigenvalue weighted by Gasteiger charge is -2.15. The molecule has 3 aromatic rings. The number of aromatic nitrogens is 6. The van der Waals surface area contributed by atoms with Crippen LogP contribution in [0, 0.1) is 0 Å². The number of rotatable bonds is 6. The quantitative estimate of drug-likeness (QED) is 0.698. The van der Waals surface area contributed by atoms with E-state index in [1.165, 1.54) is 28.0 Å². The zero-order valence-electron chi connectivity index (χ0n) is 13.6. The Labute approximate surface area is 143 Å². The Morgan fingerprint density at radius 2 is 2.00 bits per heavy atom. The van der Waals surface area contributed by atoms with Crippen LogP contribution in [0.15, 0.2) is 53.7 Å². The number of amides is 1. The van der Waals surface area contributed by atoms with Crippen LogP contribution in [0.1, 0.15) is 23.8 Å². The Kier molecular flexibility index (Phi) is 4.93.